The molecule has 0 aliphatic carbocycles. The first kappa shape index (κ1) is 22.5. The maximum absolute atomic E-state index is 13.0. The van der Waals surface area contributed by atoms with Gasteiger partial charge >= 0.3 is 0 Å². The number of carbonyl (C=O) groups is 1. The number of para-hydroxylation sites is 1. The van der Waals surface area contributed by atoms with Crippen LogP contribution in [0.3, 0.4) is 0 Å². The molecule has 1 amide bonds. The van der Waals surface area contributed by atoms with E-state index in [1.54, 1.807) is 48.8 Å². The molecule has 4 aromatic rings. The van der Waals surface area contributed by atoms with Crippen LogP contribution in [0.4, 0.5) is 5.82 Å². The lowest BCUT2D eigenvalue weighted by molar-refractivity contribution is 0.0951. The Kier molecular flexibility index (Phi) is 7.11. The highest BCUT2D eigenvalue weighted by Gasteiger charge is 2.16. The lowest BCUT2D eigenvalue weighted by atomic mass is 10.0. The molecule has 0 spiro atoms. The van der Waals surface area contributed by atoms with Crippen molar-refractivity contribution in [2.24, 2.45) is 0 Å². The van der Waals surface area contributed by atoms with Crippen molar-refractivity contribution in [2.45, 2.75) is 13.0 Å². The summed E-state index contributed by atoms with van der Waals surface area (Å²) in [4.78, 5) is 21.7. The molecule has 34 heavy (non-hydrogen) atoms. The maximum Gasteiger partial charge on any atom is 0.255 e. The fraction of sp³-hybridized carbons (Fsp3) is 0.111. The van der Waals surface area contributed by atoms with Crippen molar-refractivity contribution < 1.29 is 9.90 Å². The van der Waals surface area contributed by atoms with Gasteiger partial charge < -0.3 is 15.7 Å². The van der Waals surface area contributed by atoms with E-state index in [1.807, 2.05) is 36.4 Å². The number of amides is 1. The molecule has 2 heterocycles. The number of nitriles is 1. The number of nitrogens with zero attached hydrogens (tertiary/aromatic N) is 3. The molecule has 7 nitrogen and oxygen atoms in total. The summed E-state index contributed by atoms with van der Waals surface area (Å²) >= 11 is 0. The van der Waals surface area contributed by atoms with Crippen molar-refractivity contribution in [1.82, 2.24) is 15.3 Å². The number of rotatable bonds is 8. The summed E-state index contributed by atoms with van der Waals surface area (Å²) in [7, 11) is 0. The number of aromatic nitrogens is 2. The molecule has 2 aromatic heterocycles. The Hall–Kier alpha value is -4.70. The second-order valence-corrected chi connectivity index (χ2v) is 7.60. The third-order valence-corrected chi connectivity index (χ3v) is 5.32. The number of phenols is 1. The molecule has 2 aromatic carbocycles. The predicted molar refractivity (Wildman–Crippen MR) is 130 cm³/mol. The number of benzene rings is 2. The third kappa shape index (κ3) is 5.37. The summed E-state index contributed by atoms with van der Waals surface area (Å²) in [6, 6.07) is 23.7. The van der Waals surface area contributed by atoms with Gasteiger partial charge in [0.25, 0.3) is 5.91 Å². The number of anilines is 1. The highest BCUT2D eigenvalue weighted by Crippen LogP contribution is 2.25. The molecule has 168 valence electrons. The van der Waals surface area contributed by atoms with Gasteiger partial charge in [-0.3, -0.25) is 9.78 Å². The number of pyridine rings is 2. The van der Waals surface area contributed by atoms with Crippen molar-refractivity contribution in [1.29, 1.82) is 5.26 Å². The van der Waals surface area contributed by atoms with E-state index >= 15 is 0 Å². The van der Waals surface area contributed by atoms with Crippen LogP contribution in [-0.2, 0) is 13.0 Å². The second kappa shape index (κ2) is 10.7. The number of carbonyl (C=O) groups excluding carboxylic acids is 1. The average molecular weight is 450 g/mol. The van der Waals surface area contributed by atoms with Crippen LogP contribution in [0.1, 0.15) is 27.0 Å². The largest absolute Gasteiger partial charge is 0.508 e. The Bertz CT molecular complexity index is 1330. The summed E-state index contributed by atoms with van der Waals surface area (Å²) in [5, 5.41) is 25.7. The average Bonchev–Trinajstić information content (AvgIpc) is 2.89. The maximum atomic E-state index is 13.0. The second-order valence-electron chi connectivity index (χ2n) is 7.60. The molecule has 0 saturated carbocycles. The number of nitrogens with one attached hydrogen (secondary N) is 2. The molecule has 0 aliphatic heterocycles. The molecule has 0 unspecified atom stereocenters. The van der Waals surface area contributed by atoms with Gasteiger partial charge in [0.2, 0.25) is 0 Å². The van der Waals surface area contributed by atoms with Crippen molar-refractivity contribution in [3.05, 3.63) is 107 Å². The Labute approximate surface area is 197 Å². The summed E-state index contributed by atoms with van der Waals surface area (Å²) in [5.41, 5.74) is 3.85. The third-order valence-electron chi connectivity index (χ3n) is 5.32. The van der Waals surface area contributed by atoms with E-state index in [4.69, 9.17) is 0 Å². The molecule has 0 bridgehead atoms. The van der Waals surface area contributed by atoms with Gasteiger partial charge in [0, 0.05) is 31.0 Å². The molecule has 7 heteroatoms. The minimum absolute atomic E-state index is 0.225. The molecule has 4 rings (SSSR count). The zero-order valence-electron chi connectivity index (χ0n) is 18.4. The molecule has 0 aliphatic rings. The van der Waals surface area contributed by atoms with E-state index < -0.39 is 0 Å². The Morgan fingerprint density at radius 2 is 1.82 bits per heavy atom. The highest BCUT2D eigenvalue weighted by atomic mass is 16.3. The molecular weight excluding hydrogens is 426 g/mol. The zero-order chi connectivity index (χ0) is 23.8. The van der Waals surface area contributed by atoms with Gasteiger partial charge in [-0.2, -0.15) is 5.26 Å². The monoisotopic (exact) mass is 449 g/mol. The number of phenolic OH excluding ortho intramolecular Hbond substituents is 1. The first-order valence-corrected chi connectivity index (χ1v) is 10.8. The van der Waals surface area contributed by atoms with Crippen LogP contribution < -0.4 is 10.6 Å². The first-order chi connectivity index (χ1) is 16.7. The van der Waals surface area contributed by atoms with E-state index in [0.717, 1.165) is 11.1 Å². The number of hydrogen-bond donors (Lipinski definition) is 3. The summed E-state index contributed by atoms with van der Waals surface area (Å²) in [5.74, 6) is 0.356. The Morgan fingerprint density at radius 3 is 2.62 bits per heavy atom. The van der Waals surface area contributed by atoms with E-state index in [0.29, 0.717) is 47.7 Å². The first-order valence-electron chi connectivity index (χ1n) is 10.8. The Balaban J connectivity index is 1.59. The van der Waals surface area contributed by atoms with E-state index in [9.17, 15) is 15.2 Å². The van der Waals surface area contributed by atoms with Gasteiger partial charge in [0.15, 0.2) is 0 Å². The molecule has 0 radical (unpaired) electrons. The van der Waals surface area contributed by atoms with Crippen LogP contribution in [0.2, 0.25) is 0 Å². The van der Waals surface area contributed by atoms with Crippen LogP contribution in [0.15, 0.2) is 85.2 Å². The highest BCUT2D eigenvalue weighted by molar-refractivity contribution is 5.99. The fourth-order valence-electron chi connectivity index (χ4n) is 3.55. The van der Waals surface area contributed by atoms with Gasteiger partial charge in [0.05, 0.1) is 22.9 Å². The molecule has 3 N–H and O–H groups in total. The normalized spacial score (nSPS) is 10.3. The van der Waals surface area contributed by atoms with Crippen molar-refractivity contribution in [3.63, 3.8) is 0 Å². The predicted octanol–water partition coefficient (Wildman–Crippen LogP) is 4.31. The lowest BCUT2D eigenvalue weighted by Crippen LogP contribution is -2.25. The lowest BCUT2D eigenvalue weighted by Gasteiger charge is -2.14. The van der Waals surface area contributed by atoms with Crippen LogP contribution in [0, 0.1) is 11.3 Å². The van der Waals surface area contributed by atoms with Crippen molar-refractivity contribution in [2.75, 3.05) is 11.9 Å². The van der Waals surface area contributed by atoms with Crippen molar-refractivity contribution >= 4 is 11.7 Å². The van der Waals surface area contributed by atoms with Crippen LogP contribution in [0.25, 0.3) is 11.3 Å². The SMILES string of the molecule is N#Cc1ccccc1-c1ccc(C(=O)NCc2cccnc2)c(NCCc2ccccc2O)n1. The van der Waals surface area contributed by atoms with Crippen molar-refractivity contribution in [3.8, 4) is 23.1 Å². The smallest absolute Gasteiger partial charge is 0.255 e. The Morgan fingerprint density at radius 1 is 1.00 bits per heavy atom. The van der Waals surface area contributed by atoms with Gasteiger partial charge in [-0.15, -0.1) is 0 Å². The summed E-state index contributed by atoms with van der Waals surface area (Å²) in [6.45, 7) is 0.791. The molecule has 0 fully saturated rings. The quantitative estimate of drug-likeness (QED) is 0.370. The van der Waals surface area contributed by atoms with Crippen LogP contribution >= 0.6 is 0 Å². The molecular formula is C27H23N5O2. The number of hydrogen-bond acceptors (Lipinski definition) is 6. The van der Waals surface area contributed by atoms with E-state index in [-0.39, 0.29) is 11.7 Å². The van der Waals surface area contributed by atoms with Gasteiger partial charge in [-0.05, 0) is 47.9 Å². The van der Waals surface area contributed by atoms with E-state index in [2.05, 4.69) is 26.7 Å². The topological polar surface area (TPSA) is 111 Å². The zero-order valence-corrected chi connectivity index (χ0v) is 18.4. The van der Waals surface area contributed by atoms with Crippen LogP contribution in [-0.4, -0.2) is 27.5 Å². The minimum Gasteiger partial charge on any atom is -0.508 e. The number of aromatic hydroxyl groups is 1. The minimum atomic E-state index is -0.276. The van der Waals surface area contributed by atoms with Gasteiger partial charge in [-0.1, -0.05) is 42.5 Å². The van der Waals surface area contributed by atoms with Gasteiger partial charge in [-0.25, -0.2) is 4.98 Å². The summed E-state index contributed by atoms with van der Waals surface area (Å²) < 4.78 is 0. The van der Waals surface area contributed by atoms with Gasteiger partial charge in [0.1, 0.15) is 11.6 Å². The summed E-state index contributed by atoms with van der Waals surface area (Å²) in [6.07, 6.45) is 3.93. The fourth-order valence-corrected chi connectivity index (χ4v) is 3.55. The molecule has 0 atom stereocenters. The van der Waals surface area contributed by atoms with E-state index in [1.165, 1.54) is 0 Å². The van der Waals surface area contributed by atoms with Crippen LogP contribution in [0.5, 0.6) is 5.75 Å². The molecule has 0 saturated heterocycles. The standard InChI is InChI=1S/C27H23N5O2/c28-16-21-8-1-3-9-22(21)24-12-11-23(27(34)31-18-19-6-5-14-29-17-19)26(32-24)30-15-13-20-7-2-4-10-25(20)33/h1-12,14,17,33H,13,15,18H2,(H,30,32)(H,31,34).